The highest BCUT2D eigenvalue weighted by Gasteiger charge is 2.11. The van der Waals surface area contributed by atoms with Gasteiger partial charge in [-0.3, -0.25) is 4.72 Å². The first-order chi connectivity index (χ1) is 15.4. The summed E-state index contributed by atoms with van der Waals surface area (Å²) in [5.74, 6) is 0.677. The minimum atomic E-state index is -3.47. The Hall–Kier alpha value is -3.07. The largest absolute Gasteiger partial charge is 0.508 e. The Morgan fingerprint density at radius 2 is 1.56 bits per heavy atom. The van der Waals surface area contributed by atoms with E-state index in [0.29, 0.717) is 24.5 Å². The number of aliphatic hydroxyl groups is 1. The molecular weight excluding hydrogens is 428 g/mol. The van der Waals surface area contributed by atoms with Gasteiger partial charge in [-0.15, -0.1) is 0 Å². The molecule has 0 radical (unpaired) electrons. The Kier molecular flexibility index (Phi) is 8.49. The molecule has 0 bridgehead atoms. The van der Waals surface area contributed by atoms with Crippen molar-refractivity contribution >= 4 is 15.7 Å². The maximum Gasteiger partial charge on any atom is 0.236 e. The van der Waals surface area contributed by atoms with Crippen molar-refractivity contribution < 1.29 is 23.4 Å². The van der Waals surface area contributed by atoms with Crippen molar-refractivity contribution in [2.24, 2.45) is 0 Å². The molecule has 170 valence electrons. The smallest absolute Gasteiger partial charge is 0.236 e. The van der Waals surface area contributed by atoms with Crippen LogP contribution in [0.25, 0.3) is 0 Å². The Balaban J connectivity index is 1.36. The summed E-state index contributed by atoms with van der Waals surface area (Å²) in [6.45, 7) is 1.19. The number of phenols is 1. The van der Waals surface area contributed by atoms with E-state index in [1.807, 2.05) is 30.3 Å². The van der Waals surface area contributed by atoms with Crippen LogP contribution in [0.5, 0.6) is 11.5 Å². The number of anilines is 1. The van der Waals surface area contributed by atoms with E-state index in [4.69, 9.17) is 4.74 Å². The van der Waals surface area contributed by atoms with Gasteiger partial charge in [-0.05, 0) is 60.5 Å². The molecule has 8 heteroatoms. The lowest BCUT2D eigenvalue weighted by Gasteiger charge is -2.13. The third-order valence-corrected chi connectivity index (χ3v) is 5.94. The molecule has 7 nitrogen and oxygen atoms in total. The molecule has 0 saturated heterocycles. The zero-order chi connectivity index (χ0) is 22.8. The van der Waals surface area contributed by atoms with Gasteiger partial charge < -0.3 is 20.3 Å². The van der Waals surface area contributed by atoms with Crippen LogP contribution < -0.4 is 14.8 Å². The number of benzene rings is 3. The molecule has 0 aromatic heterocycles. The van der Waals surface area contributed by atoms with Crippen molar-refractivity contribution in [1.29, 1.82) is 0 Å². The summed E-state index contributed by atoms with van der Waals surface area (Å²) >= 11 is 0. The van der Waals surface area contributed by atoms with Crippen molar-refractivity contribution in [2.75, 3.05) is 24.4 Å². The highest BCUT2D eigenvalue weighted by Crippen LogP contribution is 2.16. The zero-order valence-electron chi connectivity index (χ0n) is 17.6. The fourth-order valence-electron chi connectivity index (χ4n) is 3.04. The quantitative estimate of drug-likeness (QED) is 0.312. The average Bonchev–Trinajstić information content (AvgIpc) is 2.77. The zero-order valence-corrected chi connectivity index (χ0v) is 18.5. The van der Waals surface area contributed by atoms with Gasteiger partial charge in [0, 0.05) is 12.2 Å². The lowest BCUT2D eigenvalue weighted by atomic mass is 10.1. The van der Waals surface area contributed by atoms with E-state index in [0.717, 1.165) is 17.5 Å². The average molecular weight is 457 g/mol. The lowest BCUT2D eigenvalue weighted by Crippen LogP contribution is -2.32. The Morgan fingerprint density at radius 3 is 2.25 bits per heavy atom. The summed E-state index contributed by atoms with van der Waals surface area (Å²) in [5.41, 5.74) is 2.32. The molecule has 0 heterocycles. The van der Waals surface area contributed by atoms with Gasteiger partial charge in [-0.1, -0.05) is 42.5 Å². The number of sulfonamides is 1. The molecule has 0 aliphatic carbocycles. The first-order valence-electron chi connectivity index (χ1n) is 10.3. The van der Waals surface area contributed by atoms with Gasteiger partial charge in [0.1, 0.15) is 24.2 Å². The van der Waals surface area contributed by atoms with Crippen LogP contribution in [0, 0.1) is 0 Å². The summed E-state index contributed by atoms with van der Waals surface area (Å²) < 4.78 is 32.7. The van der Waals surface area contributed by atoms with Crippen LogP contribution in [0.3, 0.4) is 0 Å². The molecule has 4 N–H and O–H groups in total. The molecule has 0 spiro atoms. The van der Waals surface area contributed by atoms with Crippen LogP contribution in [-0.2, 0) is 22.2 Å². The van der Waals surface area contributed by atoms with Crippen LogP contribution in [0.2, 0.25) is 0 Å². The van der Waals surface area contributed by atoms with E-state index >= 15 is 0 Å². The van der Waals surface area contributed by atoms with E-state index in [9.17, 15) is 18.6 Å². The summed E-state index contributed by atoms with van der Waals surface area (Å²) in [7, 11) is -3.47. The minimum absolute atomic E-state index is 0.0711. The van der Waals surface area contributed by atoms with Crippen molar-refractivity contribution in [3.63, 3.8) is 0 Å². The SMILES string of the molecule is O=S(=O)(Cc1ccccc1)Nc1ccc(CCNC[C@H](O)COc2ccc(O)cc2)cc1. The summed E-state index contributed by atoms with van der Waals surface area (Å²) in [6, 6.07) is 22.6. The van der Waals surface area contributed by atoms with Crippen molar-refractivity contribution in [2.45, 2.75) is 18.3 Å². The second-order valence-corrected chi connectivity index (χ2v) is 9.18. The van der Waals surface area contributed by atoms with E-state index in [-0.39, 0.29) is 18.1 Å². The summed E-state index contributed by atoms with van der Waals surface area (Å²) in [5, 5.41) is 22.4. The van der Waals surface area contributed by atoms with E-state index in [1.54, 1.807) is 36.4 Å². The van der Waals surface area contributed by atoms with E-state index in [1.165, 1.54) is 12.1 Å². The topological polar surface area (TPSA) is 108 Å². The monoisotopic (exact) mass is 456 g/mol. The maximum absolute atomic E-state index is 12.3. The second-order valence-electron chi connectivity index (χ2n) is 7.46. The Labute approximate surface area is 188 Å². The molecule has 3 rings (SSSR count). The van der Waals surface area contributed by atoms with E-state index < -0.39 is 16.1 Å². The number of ether oxygens (including phenoxy) is 1. The van der Waals surface area contributed by atoms with Gasteiger partial charge in [-0.25, -0.2) is 8.42 Å². The second kappa shape index (κ2) is 11.5. The van der Waals surface area contributed by atoms with Gasteiger partial charge in [0.05, 0.1) is 5.75 Å². The molecule has 0 amide bonds. The maximum atomic E-state index is 12.3. The van der Waals surface area contributed by atoms with Crippen molar-refractivity contribution in [1.82, 2.24) is 5.32 Å². The van der Waals surface area contributed by atoms with Gasteiger partial charge in [0.2, 0.25) is 10.0 Å². The number of hydrogen-bond donors (Lipinski definition) is 4. The first kappa shape index (κ1) is 23.6. The Morgan fingerprint density at radius 1 is 0.875 bits per heavy atom. The molecule has 3 aromatic carbocycles. The molecule has 1 atom stereocenters. The number of aliphatic hydroxyl groups excluding tert-OH is 1. The molecule has 3 aromatic rings. The standard InChI is InChI=1S/C24H28N2O5S/c27-22-10-12-24(13-11-22)31-17-23(28)16-25-15-14-19-6-8-21(9-7-19)26-32(29,30)18-20-4-2-1-3-5-20/h1-13,23,25-28H,14-18H2/t23-/m0/s1. The number of phenolic OH excluding ortho intramolecular Hbond substituents is 1. The molecule has 0 saturated carbocycles. The van der Waals surface area contributed by atoms with Gasteiger partial charge in [-0.2, -0.15) is 0 Å². The molecule has 0 unspecified atom stereocenters. The number of rotatable bonds is 12. The van der Waals surface area contributed by atoms with Gasteiger partial charge in [0.15, 0.2) is 0 Å². The van der Waals surface area contributed by atoms with Crippen LogP contribution in [-0.4, -0.2) is 44.4 Å². The van der Waals surface area contributed by atoms with Crippen LogP contribution >= 0.6 is 0 Å². The van der Waals surface area contributed by atoms with E-state index in [2.05, 4.69) is 10.0 Å². The number of hydrogen-bond acceptors (Lipinski definition) is 6. The van der Waals surface area contributed by atoms with Gasteiger partial charge >= 0.3 is 0 Å². The molecule has 32 heavy (non-hydrogen) atoms. The van der Waals surface area contributed by atoms with Crippen LogP contribution in [0.15, 0.2) is 78.9 Å². The predicted molar refractivity (Wildman–Crippen MR) is 125 cm³/mol. The predicted octanol–water partition coefficient (Wildman–Crippen LogP) is 2.91. The van der Waals surface area contributed by atoms with Gasteiger partial charge in [0.25, 0.3) is 0 Å². The third kappa shape index (κ3) is 8.22. The summed E-state index contributed by atoms with van der Waals surface area (Å²) in [6.07, 6.45) is 0.0768. The minimum Gasteiger partial charge on any atom is -0.508 e. The van der Waals surface area contributed by atoms with Crippen LogP contribution in [0.4, 0.5) is 5.69 Å². The fraction of sp³-hybridized carbons (Fsp3) is 0.250. The molecule has 0 fully saturated rings. The van der Waals surface area contributed by atoms with Crippen molar-refractivity contribution in [3.8, 4) is 11.5 Å². The highest BCUT2D eigenvalue weighted by atomic mass is 32.2. The highest BCUT2D eigenvalue weighted by molar-refractivity contribution is 7.91. The number of aromatic hydroxyl groups is 1. The van der Waals surface area contributed by atoms with Crippen molar-refractivity contribution in [3.05, 3.63) is 90.0 Å². The molecular formula is C24H28N2O5S. The van der Waals surface area contributed by atoms with Crippen LogP contribution in [0.1, 0.15) is 11.1 Å². The fourth-order valence-corrected chi connectivity index (χ4v) is 4.24. The lowest BCUT2D eigenvalue weighted by molar-refractivity contribution is 0.106. The third-order valence-electron chi connectivity index (χ3n) is 4.68. The first-order valence-corrected chi connectivity index (χ1v) is 12.0. The normalized spacial score (nSPS) is 12.3. The summed E-state index contributed by atoms with van der Waals surface area (Å²) in [4.78, 5) is 0. The molecule has 0 aliphatic rings. The number of nitrogens with one attached hydrogen (secondary N) is 2. The molecule has 0 aliphatic heterocycles. The Bertz CT molecular complexity index is 1060.